The SMILES string of the molecule is CCNS(=O)(=O)c1ccccc1NC(=O)[C@@H]1CCCNC1. The molecule has 1 heterocycles. The topological polar surface area (TPSA) is 87.3 Å². The summed E-state index contributed by atoms with van der Waals surface area (Å²) in [4.78, 5) is 12.3. The molecule has 116 valence electrons. The monoisotopic (exact) mass is 311 g/mol. The Kier molecular flexibility index (Phi) is 5.33. The minimum Gasteiger partial charge on any atom is -0.325 e. The molecule has 1 atom stereocenters. The zero-order chi connectivity index (χ0) is 15.3. The van der Waals surface area contributed by atoms with Gasteiger partial charge in [-0.25, -0.2) is 13.1 Å². The molecule has 0 unspecified atom stereocenters. The maximum absolute atomic E-state index is 12.2. The van der Waals surface area contributed by atoms with Crippen LogP contribution in [-0.4, -0.2) is 34.0 Å². The molecular weight excluding hydrogens is 290 g/mol. The standard InChI is InChI=1S/C14H21N3O3S/c1-2-16-21(19,20)13-8-4-3-7-12(13)17-14(18)11-6-5-9-15-10-11/h3-4,7-8,11,15-16H,2,5-6,9-10H2,1H3,(H,17,18)/t11-/m1/s1. The van der Waals surface area contributed by atoms with Crippen LogP contribution in [0.2, 0.25) is 0 Å². The average Bonchev–Trinajstić information content (AvgIpc) is 2.48. The van der Waals surface area contributed by atoms with E-state index in [2.05, 4.69) is 15.4 Å². The van der Waals surface area contributed by atoms with Crippen molar-refractivity contribution >= 4 is 21.6 Å². The molecule has 1 saturated heterocycles. The van der Waals surface area contributed by atoms with E-state index in [0.29, 0.717) is 18.8 Å². The molecule has 21 heavy (non-hydrogen) atoms. The molecule has 0 aromatic heterocycles. The van der Waals surface area contributed by atoms with E-state index in [4.69, 9.17) is 0 Å². The lowest BCUT2D eigenvalue weighted by Gasteiger charge is -2.22. The molecule has 0 saturated carbocycles. The number of para-hydroxylation sites is 1. The first-order valence-corrected chi connectivity index (χ1v) is 8.63. The van der Waals surface area contributed by atoms with Gasteiger partial charge < -0.3 is 10.6 Å². The maximum atomic E-state index is 12.2. The second kappa shape index (κ2) is 7.02. The van der Waals surface area contributed by atoms with Crippen LogP contribution >= 0.6 is 0 Å². The van der Waals surface area contributed by atoms with E-state index >= 15 is 0 Å². The smallest absolute Gasteiger partial charge is 0.242 e. The van der Waals surface area contributed by atoms with Crippen molar-refractivity contribution in [1.29, 1.82) is 0 Å². The summed E-state index contributed by atoms with van der Waals surface area (Å²) in [6, 6.07) is 6.45. The normalized spacial score (nSPS) is 19.2. The molecule has 7 heteroatoms. The second-order valence-electron chi connectivity index (χ2n) is 5.03. The molecule has 1 aromatic carbocycles. The summed E-state index contributed by atoms with van der Waals surface area (Å²) in [5.41, 5.74) is 0.328. The molecule has 1 fully saturated rings. The van der Waals surface area contributed by atoms with Crippen LogP contribution in [0.15, 0.2) is 29.2 Å². The molecule has 1 aliphatic heterocycles. The van der Waals surface area contributed by atoms with Crippen LogP contribution in [0.3, 0.4) is 0 Å². The Morgan fingerprint density at radius 3 is 2.81 bits per heavy atom. The molecule has 0 spiro atoms. The number of anilines is 1. The highest BCUT2D eigenvalue weighted by molar-refractivity contribution is 7.89. The van der Waals surface area contributed by atoms with Crippen molar-refractivity contribution in [3.05, 3.63) is 24.3 Å². The highest BCUT2D eigenvalue weighted by Gasteiger charge is 2.23. The third-order valence-corrected chi connectivity index (χ3v) is 5.04. The van der Waals surface area contributed by atoms with Crippen molar-refractivity contribution in [2.45, 2.75) is 24.7 Å². The zero-order valence-electron chi connectivity index (χ0n) is 12.1. The molecular formula is C14H21N3O3S. The lowest BCUT2D eigenvalue weighted by atomic mass is 9.99. The van der Waals surface area contributed by atoms with Gasteiger partial charge in [0.1, 0.15) is 4.90 Å². The minimum absolute atomic E-state index is 0.101. The van der Waals surface area contributed by atoms with E-state index in [0.717, 1.165) is 19.4 Å². The highest BCUT2D eigenvalue weighted by Crippen LogP contribution is 2.22. The number of carbonyl (C=O) groups excluding carboxylic acids is 1. The van der Waals surface area contributed by atoms with Gasteiger partial charge in [-0.2, -0.15) is 0 Å². The number of piperidine rings is 1. The average molecular weight is 311 g/mol. The van der Waals surface area contributed by atoms with E-state index in [1.54, 1.807) is 25.1 Å². The van der Waals surface area contributed by atoms with Gasteiger partial charge in [0.15, 0.2) is 0 Å². The Labute approximate surface area is 125 Å². The van der Waals surface area contributed by atoms with Crippen LogP contribution in [0.25, 0.3) is 0 Å². The number of hydrogen-bond donors (Lipinski definition) is 3. The third kappa shape index (κ3) is 4.03. The molecule has 0 bridgehead atoms. The van der Waals surface area contributed by atoms with Gasteiger partial charge in [0.25, 0.3) is 0 Å². The van der Waals surface area contributed by atoms with E-state index in [-0.39, 0.29) is 16.7 Å². The van der Waals surface area contributed by atoms with Gasteiger partial charge in [0.05, 0.1) is 11.6 Å². The summed E-state index contributed by atoms with van der Waals surface area (Å²) in [7, 11) is -3.60. The summed E-state index contributed by atoms with van der Waals surface area (Å²) < 4.78 is 26.7. The van der Waals surface area contributed by atoms with Gasteiger partial charge in [-0.1, -0.05) is 19.1 Å². The number of carbonyl (C=O) groups is 1. The molecule has 2 rings (SSSR count). The first kappa shape index (κ1) is 15.9. The molecule has 3 N–H and O–H groups in total. The first-order valence-electron chi connectivity index (χ1n) is 7.15. The Balaban J connectivity index is 2.18. The Bertz CT molecular complexity index is 595. The Morgan fingerprint density at radius 2 is 2.14 bits per heavy atom. The van der Waals surface area contributed by atoms with Gasteiger partial charge in [-0.15, -0.1) is 0 Å². The largest absolute Gasteiger partial charge is 0.325 e. The number of sulfonamides is 1. The summed E-state index contributed by atoms with van der Waals surface area (Å²) in [6.07, 6.45) is 1.77. The predicted octanol–water partition coefficient (Wildman–Crippen LogP) is 0.923. The number of hydrogen-bond acceptors (Lipinski definition) is 4. The number of rotatable bonds is 5. The van der Waals surface area contributed by atoms with Crippen molar-refractivity contribution in [1.82, 2.24) is 10.0 Å². The van der Waals surface area contributed by atoms with Gasteiger partial charge in [-0.05, 0) is 31.5 Å². The number of benzene rings is 1. The van der Waals surface area contributed by atoms with Crippen molar-refractivity contribution < 1.29 is 13.2 Å². The van der Waals surface area contributed by atoms with Crippen molar-refractivity contribution in [3.8, 4) is 0 Å². The lowest BCUT2D eigenvalue weighted by molar-refractivity contribution is -0.120. The van der Waals surface area contributed by atoms with Crippen LogP contribution in [-0.2, 0) is 14.8 Å². The molecule has 1 aliphatic rings. The fourth-order valence-electron chi connectivity index (χ4n) is 2.38. The third-order valence-electron chi connectivity index (χ3n) is 3.44. The quantitative estimate of drug-likeness (QED) is 0.755. The van der Waals surface area contributed by atoms with Gasteiger partial charge in [0.2, 0.25) is 15.9 Å². The molecule has 6 nitrogen and oxygen atoms in total. The predicted molar refractivity (Wildman–Crippen MR) is 81.5 cm³/mol. The number of nitrogens with one attached hydrogen (secondary N) is 3. The first-order chi connectivity index (χ1) is 10.0. The fourth-order valence-corrected chi connectivity index (χ4v) is 3.58. The van der Waals surface area contributed by atoms with E-state index in [1.165, 1.54) is 6.07 Å². The van der Waals surface area contributed by atoms with Crippen LogP contribution in [0.4, 0.5) is 5.69 Å². The van der Waals surface area contributed by atoms with E-state index < -0.39 is 10.0 Å². The fraction of sp³-hybridized carbons (Fsp3) is 0.500. The van der Waals surface area contributed by atoms with E-state index in [1.807, 2.05) is 0 Å². The zero-order valence-corrected chi connectivity index (χ0v) is 12.9. The summed E-state index contributed by atoms with van der Waals surface area (Å²) in [5.74, 6) is -0.255. The maximum Gasteiger partial charge on any atom is 0.242 e. The summed E-state index contributed by atoms with van der Waals surface area (Å²) >= 11 is 0. The van der Waals surface area contributed by atoms with Crippen LogP contribution in [0, 0.1) is 5.92 Å². The van der Waals surface area contributed by atoms with Gasteiger partial charge >= 0.3 is 0 Å². The Morgan fingerprint density at radius 1 is 1.38 bits per heavy atom. The number of amides is 1. The van der Waals surface area contributed by atoms with Crippen molar-refractivity contribution in [2.24, 2.45) is 5.92 Å². The summed E-state index contributed by atoms with van der Waals surface area (Å²) in [5, 5.41) is 5.92. The minimum atomic E-state index is -3.60. The highest BCUT2D eigenvalue weighted by atomic mass is 32.2. The van der Waals surface area contributed by atoms with Crippen LogP contribution < -0.4 is 15.4 Å². The van der Waals surface area contributed by atoms with Gasteiger partial charge in [0, 0.05) is 13.1 Å². The molecule has 1 amide bonds. The van der Waals surface area contributed by atoms with Crippen LogP contribution in [0.5, 0.6) is 0 Å². The van der Waals surface area contributed by atoms with Crippen LogP contribution in [0.1, 0.15) is 19.8 Å². The van der Waals surface area contributed by atoms with Crippen molar-refractivity contribution in [2.75, 3.05) is 25.0 Å². The van der Waals surface area contributed by atoms with Crippen molar-refractivity contribution in [3.63, 3.8) is 0 Å². The lowest BCUT2D eigenvalue weighted by Crippen LogP contribution is -2.37. The second-order valence-corrected chi connectivity index (χ2v) is 6.77. The van der Waals surface area contributed by atoms with Gasteiger partial charge in [-0.3, -0.25) is 4.79 Å². The molecule has 0 radical (unpaired) electrons. The molecule has 0 aliphatic carbocycles. The molecule has 1 aromatic rings. The Hall–Kier alpha value is -1.44. The summed E-state index contributed by atoms with van der Waals surface area (Å²) in [6.45, 7) is 3.58. The van der Waals surface area contributed by atoms with E-state index in [9.17, 15) is 13.2 Å².